The van der Waals surface area contributed by atoms with Gasteiger partial charge in [0.1, 0.15) is 6.54 Å². The molecule has 3 aliphatic rings. The molecule has 3 unspecified atom stereocenters. The minimum atomic E-state index is -0.00116. The molecule has 6 heteroatoms. The third kappa shape index (κ3) is 2.84. The molecule has 1 amide bonds. The van der Waals surface area contributed by atoms with Crippen LogP contribution in [-0.2, 0) is 9.53 Å². The number of carbonyl (C=O) groups excluding carboxylic acids is 1. The van der Waals surface area contributed by atoms with Crippen molar-refractivity contribution in [2.24, 2.45) is 16.3 Å². The fourth-order valence-electron chi connectivity index (χ4n) is 4.21. The number of hydrogen-bond acceptors (Lipinski definition) is 3. The summed E-state index contributed by atoms with van der Waals surface area (Å²) in [6, 6.07) is 0.411. The standard InChI is InChI=1S/C17H28N4O2/c1-4-9-18-16(19-11-13(22)21(2)3)20-14-12-6-10-23-15(12)17(14)7-5-8-17/h4,12,14-15H,1,5-11H2,2-3H3,(H2,18,19,20). The molecule has 0 radical (unpaired) electrons. The van der Waals surface area contributed by atoms with Crippen molar-refractivity contribution in [2.75, 3.05) is 33.8 Å². The van der Waals surface area contributed by atoms with Crippen molar-refractivity contribution in [2.45, 2.75) is 37.8 Å². The number of rotatable bonds is 5. The normalized spacial score (nSPS) is 30.9. The van der Waals surface area contributed by atoms with Crippen LogP contribution in [0.15, 0.2) is 17.6 Å². The number of amides is 1. The highest BCUT2D eigenvalue weighted by Crippen LogP contribution is 2.62. The second-order valence-corrected chi connectivity index (χ2v) is 7.08. The van der Waals surface area contributed by atoms with Gasteiger partial charge in [0.05, 0.1) is 6.10 Å². The third-order valence-electron chi connectivity index (χ3n) is 5.61. The molecule has 0 aromatic rings. The fourth-order valence-corrected chi connectivity index (χ4v) is 4.21. The predicted octanol–water partition coefficient (Wildman–Crippen LogP) is 0.753. The first kappa shape index (κ1) is 16.3. The second-order valence-electron chi connectivity index (χ2n) is 7.08. The lowest BCUT2D eigenvalue weighted by Crippen LogP contribution is -2.72. The van der Waals surface area contributed by atoms with Crippen molar-refractivity contribution in [3.63, 3.8) is 0 Å². The average Bonchev–Trinajstić information content (AvgIpc) is 2.89. The van der Waals surface area contributed by atoms with Crippen molar-refractivity contribution < 1.29 is 9.53 Å². The van der Waals surface area contributed by atoms with Gasteiger partial charge in [0.15, 0.2) is 5.96 Å². The Morgan fingerprint density at radius 3 is 2.87 bits per heavy atom. The largest absolute Gasteiger partial charge is 0.377 e. The summed E-state index contributed by atoms with van der Waals surface area (Å²) in [4.78, 5) is 17.8. The number of guanidine groups is 1. The first-order valence-corrected chi connectivity index (χ1v) is 8.56. The predicted molar refractivity (Wildman–Crippen MR) is 90.3 cm³/mol. The zero-order chi connectivity index (χ0) is 16.4. The summed E-state index contributed by atoms with van der Waals surface area (Å²) in [7, 11) is 3.50. The summed E-state index contributed by atoms with van der Waals surface area (Å²) in [5, 5.41) is 6.83. The molecule has 3 atom stereocenters. The number of fused-ring (bicyclic) bond motifs is 2. The molecule has 128 valence electrons. The lowest BCUT2D eigenvalue weighted by Gasteiger charge is -2.63. The Kier molecular flexibility index (Phi) is 4.62. The van der Waals surface area contributed by atoms with Crippen LogP contribution >= 0.6 is 0 Å². The van der Waals surface area contributed by atoms with Crippen molar-refractivity contribution in [1.82, 2.24) is 15.5 Å². The van der Waals surface area contributed by atoms with Gasteiger partial charge >= 0.3 is 0 Å². The second kappa shape index (κ2) is 6.51. The van der Waals surface area contributed by atoms with E-state index in [0.717, 1.165) is 13.0 Å². The molecule has 1 saturated heterocycles. The molecule has 0 aromatic carbocycles. The SMILES string of the molecule is C=CCNC(=NCC(=O)N(C)C)NC1C2CCOC2C12CCC2. The van der Waals surface area contributed by atoms with Gasteiger partial charge in [0.2, 0.25) is 5.91 Å². The zero-order valence-electron chi connectivity index (χ0n) is 14.2. The van der Waals surface area contributed by atoms with Gasteiger partial charge in [-0.1, -0.05) is 12.5 Å². The Hall–Kier alpha value is -1.56. The number of nitrogens with zero attached hydrogens (tertiary/aromatic N) is 2. The van der Waals surface area contributed by atoms with Crippen LogP contribution in [0.3, 0.4) is 0 Å². The van der Waals surface area contributed by atoms with Gasteiger partial charge in [-0.3, -0.25) is 4.79 Å². The minimum Gasteiger partial charge on any atom is -0.377 e. The number of carbonyl (C=O) groups is 1. The van der Waals surface area contributed by atoms with E-state index in [4.69, 9.17) is 4.74 Å². The van der Waals surface area contributed by atoms with E-state index in [2.05, 4.69) is 22.2 Å². The average molecular weight is 320 g/mol. The summed E-state index contributed by atoms with van der Waals surface area (Å²) in [5.41, 5.74) is 0.295. The highest BCUT2D eigenvalue weighted by molar-refractivity contribution is 5.85. The highest BCUT2D eigenvalue weighted by atomic mass is 16.5. The van der Waals surface area contributed by atoms with Crippen molar-refractivity contribution >= 4 is 11.9 Å². The van der Waals surface area contributed by atoms with E-state index >= 15 is 0 Å². The Morgan fingerprint density at radius 2 is 2.26 bits per heavy atom. The molecule has 1 spiro atoms. The minimum absolute atomic E-state index is 0.00116. The van der Waals surface area contributed by atoms with Crippen molar-refractivity contribution in [3.8, 4) is 0 Å². The summed E-state index contributed by atoms with van der Waals surface area (Å²) >= 11 is 0. The Labute approximate surface area is 138 Å². The Bertz CT molecular complexity index is 499. The van der Waals surface area contributed by atoms with Gasteiger partial charge in [-0.15, -0.1) is 6.58 Å². The molecule has 1 heterocycles. The summed E-state index contributed by atoms with van der Waals surface area (Å²) in [6.45, 7) is 5.40. The van der Waals surface area contributed by atoms with E-state index in [-0.39, 0.29) is 12.5 Å². The van der Waals surface area contributed by atoms with E-state index in [9.17, 15) is 4.79 Å². The molecule has 23 heavy (non-hydrogen) atoms. The maximum absolute atomic E-state index is 11.8. The third-order valence-corrected chi connectivity index (χ3v) is 5.61. The molecule has 1 aliphatic heterocycles. The number of likely N-dealkylation sites (N-methyl/N-ethyl adjacent to an activating group) is 1. The molecular formula is C17H28N4O2. The summed E-state index contributed by atoms with van der Waals surface area (Å²) in [6.07, 6.45) is 7.10. The molecule has 0 aromatic heterocycles. The lowest BCUT2D eigenvalue weighted by molar-refractivity contribution is -0.171. The molecule has 2 aliphatic carbocycles. The maximum Gasteiger partial charge on any atom is 0.243 e. The van der Waals surface area contributed by atoms with Crippen LogP contribution in [0, 0.1) is 11.3 Å². The van der Waals surface area contributed by atoms with E-state index in [1.807, 2.05) is 0 Å². The smallest absolute Gasteiger partial charge is 0.243 e. The quantitative estimate of drug-likeness (QED) is 0.446. The maximum atomic E-state index is 11.8. The summed E-state index contributed by atoms with van der Waals surface area (Å²) < 4.78 is 5.96. The lowest BCUT2D eigenvalue weighted by atomic mass is 9.46. The van der Waals surface area contributed by atoms with Crippen LogP contribution in [-0.4, -0.2) is 62.7 Å². The van der Waals surface area contributed by atoms with Gasteiger partial charge in [0.25, 0.3) is 0 Å². The summed E-state index contributed by atoms with van der Waals surface area (Å²) in [5.74, 6) is 1.29. The van der Waals surface area contributed by atoms with Gasteiger partial charge in [-0.05, 0) is 19.3 Å². The Morgan fingerprint density at radius 1 is 1.48 bits per heavy atom. The van der Waals surface area contributed by atoms with E-state index in [1.165, 1.54) is 19.3 Å². The van der Waals surface area contributed by atoms with Crippen LogP contribution < -0.4 is 10.6 Å². The molecular weight excluding hydrogens is 292 g/mol. The van der Waals surface area contributed by atoms with Crippen LogP contribution in [0.4, 0.5) is 0 Å². The monoisotopic (exact) mass is 320 g/mol. The van der Waals surface area contributed by atoms with Crippen LogP contribution in [0.25, 0.3) is 0 Å². The molecule has 3 rings (SSSR count). The van der Waals surface area contributed by atoms with Crippen LogP contribution in [0.5, 0.6) is 0 Å². The highest BCUT2D eigenvalue weighted by Gasteiger charge is 2.66. The Balaban J connectivity index is 1.66. The van der Waals surface area contributed by atoms with E-state index in [1.54, 1.807) is 25.1 Å². The van der Waals surface area contributed by atoms with Crippen molar-refractivity contribution in [1.29, 1.82) is 0 Å². The van der Waals surface area contributed by atoms with E-state index < -0.39 is 0 Å². The van der Waals surface area contributed by atoms with Gasteiger partial charge in [-0.25, -0.2) is 4.99 Å². The molecule has 2 N–H and O–H groups in total. The molecule has 2 saturated carbocycles. The van der Waals surface area contributed by atoms with Gasteiger partial charge < -0.3 is 20.3 Å². The van der Waals surface area contributed by atoms with E-state index in [0.29, 0.717) is 36.0 Å². The zero-order valence-corrected chi connectivity index (χ0v) is 14.2. The number of nitrogens with one attached hydrogen (secondary N) is 2. The molecule has 0 bridgehead atoms. The fraction of sp³-hybridized carbons (Fsp3) is 0.765. The van der Waals surface area contributed by atoms with Crippen molar-refractivity contribution in [3.05, 3.63) is 12.7 Å². The first-order chi connectivity index (χ1) is 11.1. The van der Waals surface area contributed by atoms with Gasteiger partial charge in [0, 0.05) is 44.6 Å². The first-order valence-electron chi connectivity index (χ1n) is 8.56. The van der Waals surface area contributed by atoms with Gasteiger partial charge in [-0.2, -0.15) is 0 Å². The van der Waals surface area contributed by atoms with Crippen LogP contribution in [0.1, 0.15) is 25.7 Å². The molecule has 3 fully saturated rings. The van der Waals surface area contributed by atoms with Crippen LogP contribution in [0.2, 0.25) is 0 Å². The number of ether oxygens (including phenoxy) is 1. The number of hydrogen-bond donors (Lipinski definition) is 2. The molecule has 6 nitrogen and oxygen atoms in total. The topological polar surface area (TPSA) is 66.0 Å². The number of aliphatic imine (C=N–C) groups is 1.